The van der Waals surface area contributed by atoms with Gasteiger partial charge in [0.05, 0.1) is 0 Å². The van der Waals surface area contributed by atoms with Crippen LogP contribution in [0.25, 0.3) is 0 Å². The van der Waals surface area contributed by atoms with E-state index in [9.17, 15) is 9.59 Å². The molecule has 0 saturated heterocycles. The standard InChI is InChI=1S/C14H21ClO4/c1-11(7-8-18-14(17)9-15)5-4-6-12(2)10-19-13(3)16/h6-7H,4-5,8-10H2,1-3H3/b11-7+,12-6+. The fourth-order valence-electron chi connectivity index (χ4n) is 1.24. The number of allylic oxidation sites excluding steroid dienone is 2. The highest BCUT2D eigenvalue weighted by atomic mass is 35.5. The van der Waals surface area contributed by atoms with E-state index < -0.39 is 5.97 Å². The van der Waals surface area contributed by atoms with Crippen LogP contribution in [-0.2, 0) is 19.1 Å². The predicted molar refractivity (Wildman–Crippen MR) is 75.1 cm³/mol. The number of hydrogen-bond donors (Lipinski definition) is 0. The minimum absolute atomic E-state index is 0.120. The number of alkyl halides is 1. The van der Waals surface area contributed by atoms with Crippen LogP contribution in [0.3, 0.4) is 0 Å². The molecule has 0 fully saturated rings. The van der Waals surface area contributed by atoms with Crippen LogP contribution in [-0.4, -0.2) is 31.0 Å². The number of rotatable bonds is 8. The summed E-state index contributed by atoms with van der Waals surface area (Å²) in [7, 11) is 0. The molecule has 0 bridgehead atoms. The first kappa shape index (κ1) is 17.7. The summed E-state index contributed by atoms with van der Waals surface area (Å²) in [5, 5.41) is 0. The van der Waals surface area contributed by atoms with Gasteiger partial charge < -0.3 is 9.47 Å². The average molecular weight is 289 g/mol. The second kappa shape index (κ2) is 10.6. The van der Waals surface area contributed by atoms with Gasteiger partial charge in [-0.1, -0.05) is 11.6 Å². The Morgan fingerprint density at radius 1 is 1.05 bits per heavy atom. The van der Waals surface area contributed by atoms with Crippen LogP contribution in [0.4, 0.5) is 0 Å². The number of hydrogen-bond acceptors (Lipinski definition) is 4. The largest absolute Gasteiger partial charge is 0.461 e. The van der Waals surface area contributed by atoms with Crippen molar-refractivity contribution in [3.63, 3.8) is 0 Å². The SMILES string of the molecule is CC(=O)OC/C(C)=C/CC/C(C)=C/COC(=O)CCl. The molecule has 0 aromatic heterocycles. The van der Waals surface area contributed by atoms with Gasteiger partial charge in [0.15, 0.2) is 0 Å². The van der Waals surface area contributed by atoms with E-state index in [-0.39, 0.29) is 18.5 Å². The van der Waals surface area contributed by atoms with Gasteiger partial charge in [0.1, 0.15) is 19.1 Å². The highest BCUT2D eigenvalue weighted by Crippen LogP contribution is 2.07. The van der Waals surface area contributed by atoms with Gasteiger partial charge in [0.25, 0.3) is 0 Å². The van der Waals surface area contributed by atoms with Gasteiger partial charge in [-0.15, -0.1) is 11.6 Å². The first-order valence-electron chi connectivity index (χ1n) is 6.12. The summed E-state index contributed by atoms with van der Waals surface area (Å²) >= 11 is 5.30. The van der Waals surface area contributed by atoms with E-state index in [2.05, 4.69) is 0 Å². The normalized spacial score (nSPS) is 12.2. The predicted octanol–water partition coefficient (Wildman–Crippen LogP) is 3.00. The van der Waals surface area contributed by atoms with Crippen LogP contribution in [0.2, 0.25) is 0 Å². The molecule has 0 atom stereocenters. The molecule has 0 amide bonds. The maximum Gasteiger partial charge on any atom is 0.321 e. The molecule has 5 heteroatoms. The van der Waals surface area contributed by atoms with E-state index in [4.69, 9.17) is 21.1 Å². The fraction of sp³-hybridized carbons (Fsp3) is 0.571. The molecule has 0 rings (SSSR count). The number of carbonyl (C=O) groups excluding carboxylic acids is 2. The second-order valence-corrected chi connectivity index (χ2v) is 4.50. The molecule has 0 heterocycles. The summed E-state index contributed by atoms with van der Waals surface area (Å²) in [6.07, 6.45) is 5.62. The van der Waals surface area contributed by atoms with Crippen molar-refractivity contribution in [3.05, 3.63) is 23.3 Å². The number of carbonyl (C=O) groups is 2. The van der Waals surface area contributed by atoms with Crippen molar-refractivity contribution in [1.82, 2.24) is 0 Å². The summed E-state index contributed by atoms with van der Waals surface area (Å²) in [5.41, 5.74) is 2.16. The van der Waals surface area contributed by atoms with Crippen molar-refractivity contribution >= 4 is 23.5 Å². The molecule has 0 aliphatic rings. The summed E-state index contributed by atoms with van der Waals surface area (Å²) in [5.74, 6) is -0.807. The Labute approximate surface area is 119 Å². The zero-order valence-corrected chi connectivity index (χ0v) is 12.5. The Morgan fingerprint density at radius 2 is 1.74 bits per heavy atom. The van der Waals surface area contributed by atoms with Gasteiger partial charge in [-0.05, 0) is 38.3 Å². The lowest BCUT2D eigenvalue weighted by Gasteiger charge is -2.03. The first-order chi connectivity index (χ1) is 8.95. The van der Waals surface area contributed by atoms with Crippen LogP contribution in [0.15, 0.2) is 23.3 Å². The van der Waals surface area contributed by atoms with Crippen LogP contribution in [0, 0.1) is 0 Å². The molecule has 0 aromatic carbocycles. The molecule has 0 N–H and O–H groups in total. The molecule has 0 aromatic rings. The molecule has 0 spiro atoms. The zero-order valence-electron chi connectivity index (χ0n) is 11.7. The van der Waals surface area contributed by atoms with Gasteiger partial charge in [-0.25, -0.2) is 0 Å². The number of halogens is 1. The number of esters is 2. The Balaban J connectivity index is 3.85. The third-order valence-electron chi connectivity index (χ3n) is 2.32. The summed E-state index contributed by atoms with van der Waals surface area (Å²) < 4.78 is 9.71. The van der Waals surface area contributed by atoms with Gasteiger partial charge in [0.2, 0.25) is 0 Å². The lowest BCUT2D eigenvalue weighted by atomic mass is 10.1. The smallest absolute Gasteiger partial charge is 0.321 e. The lowest BCUT2D eigenvalue weighted by Crippen LogP contribution is -2.05. The minimum atomic E-state index is -0.414. The van der Waals surface area contributed by atoms with Crippen molar-refractivity contribution in [2.45, 2.75) is 33.6 Å². The van der Waals surface area contributed by atoms with E-state index in [0.29, 0.717) is 6.61 Å². The fourth-order valence-corrected chi connectivity index (χ4v) is 1.32. The third-order valence-corrected chi connectivity index (χ3v) is 2.54. The molecule has 0 aliphatic heterocycles. The molecule has 0 unspecified atom stereocenters. The Kier molecular flexibility index (Phi) is 9.90. The maximum atomic E-state index is 10.8. The van der Waals surface area contributed by atoms with E-state index in [0.717, 1.165) is 24.0 Å². The minimum Gasteiger partial charge on any atom is -0.461 e. The highest BCUT2D eigenvalue weighted by molar-refractivity contribution is 6.26. The van der Waals surface area contributed by atoms with Crippen molar-refractivity contribution in [1.29, 1.82) is 0 Å². The Hall–Kier alpha value is -1.29. The van der Waals surface area contributed by atoms with Gasteiger partial charge in [-0.2, -0.15) is 0 Å². The molecule has 4 nitrogen and oxygen atoms in total. The van der Waals surface area contributed by atoms with Gasteiger partial charge in [-0.3, -0.25) is 9.59 Å². The van der Waals surface area contributed by atoms with Crippen molar-refractivity contribution in [2.24, 2.45) is 0 Å². The lowest BCUT2D eigenvalue weighted by molar-refractivity contribution is -0.140. The zero-order chi connectivity index (χ0) is 14.7. The quantitative estimate of drug-likeness (QED) is 0.391. The topological polar surface area (TPSA) is 52.6 Å². The Morgan fingerprint density at radius 3 is 2.32 bits per heavy atom. The molecule has 0 aliphatic carbocycles. The first-order valence-corrected chi connectivity index (χ1v) is 6.65. The third kappa shape index (κ3) is 11.5. The van der Waals surface area contributed by atoms with Crippen LogP contribution < -0.4 is 0 Å². The van der Waals surface area contributed by atoms with Crippen molar-refractivity contribution in [3.8, 4) is 0 Å². The van der Waals surface area contributed by atoms with E-state index in [1.54, 1.807) is 0 Å². The maximum absolute atomic E-state index is 10.8. The van der Waals surface area contributed by atoms with Gasteiger partial charge in [0, 0.05) is 6.92 Å². The summed E-state index contributed by atoms with van der Waals surface area (Å²) in [4.78, 5) is 21.4. The van der Waals surface area contributed by atoms with Crippen LogP contribution >= 0.6 is 11.6 Å². The monoisotopic (exact) mass is 288 g/mol. The summed E-state index contributed by atoms with van der Waals surface area (Å²) in [6, 6.07) is 0. The van der Waals surface area contributed by atoms with Gasteiger partial charge >= 0.3 is 11.9 Å². The molecule has 108 valence electrons. The van der Waals surface area contributed by atoms with E-state index >= 15 is 0 Å². The highest BCUT2D eigenvalue weighted by Gasteiger charge is 1.98. The van der Waals surface area contributed by atoms with Crippen molar-refractivity contribution < 1.29 is 19.1 Å². The Bertz CT molecular complexity index is 358. The average Bonchev–Trinajstić information content (AvgIpc) is 2.36. The van der Waals surface area contributed by atoms with E-state index in [1.165, 1.54) is 6.92 Å². The second-order valence-electron chi connectivity index (χ2n) is 4.24. The molecule has 0 saturated carbocycles. The summed E-state index contributed by atoms with van der Waals surface area (Å²) in [6.45, 7) is 5.88. The molecule has 19 heavy (non-hydrogen) atoms. The molecular formula is C14H21ClO4. The van der Waals surface area contributed by atoms with Crippen LogP contribution in [0.1, 0.15) is 33.6 Å². The van der Waals surface area contributed by atoms with Crippen LogP contribution in [0.5, 0.6) is 0 Å². The number of ether oxygens (including phenoxy) is 2. The molecule has 0 radical (unpaired) electrons. The van der Waals surface area contributed by atoms with E-state index in [1.807, 2.05) is 26.0 Å². The molecular weight excluding hydrogens is 268 g/mol. The van der Waals surface area contributed by atoms with Crippen molar-refractivity contribution in [2.75, 3.05) is 19.1 Å².